The standard InChI is InChI=1S/C19H20N4O3/c1-12(2)17-8-16(21-26-17)19(25)22-11-18(24)23(10-13(22)3)15-6-4-14(9-20)5-7-15/h4-8,12-13H,10-11H2,1-3H3. The molecule has 2 aromatic rings. The van der Waals surface area contributed by atoms with Crippen LogP contribution in [0.5, 0.6) is 0 Å². The number of nitrogens with zero attached hydrogens (tertiary/aromatic N) is 4. The van der Waals surface area contributed by atoms with E-state index in [1.807, 2.05) is 20.8 Å². The molecule has 0 aliphatic carbocycles. The summed E-state index contributed by atoms with van der Waals surface area (Å²) in [7, 11) is 0. The third-order valence-corrected chi connectivity index (χ3v) is 4.47. The van der Waals surface area contributed by atoms with E-state index in [0.717, 1.165) is 5.69 Å². The maximum atomic E-state index is 12.7. The summed E-state index contributed by atoms with van der Waals surface area (Å²) in [6.45, 7) is 6.16. The van der Waals surface area contributed by atoms with Crippen LogP contribution in [0.4, 0.5) is 5.69 Å². The third kappa shape index (κ3) is 3.31. The molecule has 2 heterocycles. The quantitative estimate of drug-likeness (QED) is 0.847. The number of hydrogen-bond acceptors (Lipinski definition) is 5. The van der Waals surface area contributed by atoms with Gasteiger partial charge in [0.05, 0.1) is 11.6 Å². The van der Waals surface area contributed by atoms with Crippen molar-refractivity contribution in [3.05, 3.63) is 47.3 Å². The fourth-order valence-corrected chi connectivity index (χ4v) is 2.90. The fraction of sp³-hybridized carbons (Fsp3) is 0.368. The molecule has 0 spiro atoms. The Bertz CT molecular complexity index is 864. The Hall–Kier alpha value is -3.14. The highest BCUT2D eigenvalue weighted by molar-refractivity contribution is 6.01. The topological polar surface area (TPSA) is 90.4 Å². The summed E-state index contributed by atoms with van der Waals surface area (Å²) in [4.78, 5) is 28.4. The lowest BCUT2D eigenvalue weighted by Crippen LogP contribution is -2.57. The van der Waals surface area contributed by atoms with Crippen molar-refractivity contribution in [2.75, 3.05) is 18.0 Å². The Labute approximate surface area is 151 Å². The monoisotopic (exact) mass is 352 g/mol. The van der Waals surface area contributed by atoms with Crippen LogP contribution >= 0.6 is 0 Å². The first kappa shape index (κ1) is 17.7. The molecule has 1 atom stereocenters. The predicted octanol–water partition coefficient (Wildman–Crippen LogP) is 2.55. The van der Waals surface area contributed by atoms with Gasteiger partial charge in [0.2, 0.25) is 5.91 Å². The Kier molecular flexibility index (Phi) is 4.76. The molecule has 7 heteroatoms. The number of rotatable bonds is 3. The van der Waals surface area contributed by atoms with Gasteiger partial charge in [-0.2, -0.15) is 5.26 Å². The van der Waals surface area contributed by atoms with Crippen molar-refractivity contribution in [2.45, 2.75) is 32.7 Å². The average Bonchev–Trinajstić information content (AvgIpc) is 3.13. The molecule has 0 bridgehead atoms. The number of nitriles is 1. The Morgan fingerprint density at radius 3 is 2.62 bits per heavy atom. The molecular weight excluding hydrogens is 332 g/mol. The molecule has 0 radical (unpaired) electrons. The lowest BCUT2D eigenvalue weighted by atomic mass is 10.1. The van der Waals surface area contributed by atoms with E-state index in [2.05, 4.69) is 11.2 Å². The number of hydrogen-bond donors (Lipinski definition) is 0. The first-order chi connectivity index (χ1) is 12.4. The second-order valence-corrected chi connectivity index (χ2v) is 6.71. The Morgan fingerprint density at radius 1 is 1.35 bits per heavy atom. The highest BCUT2D eigenvalue weighted by atomic mass is 16.5. The van der Waals surface area contributed by atoms with Gasteiger partial charge in [0.15, 0.2) is 5.69 Å². The first-order valence-corrected chi connectivity index (χ1v) is 8.48. The molecule has 2 amide bonds. The minimum absolute atomic E-state index is 0.0239. The molecule has 1 aromatic carbocycles. The van der Waals surface area contributed by atoms with Gasteiger partial charge >= 0.3 is 0 Å². The summed E-state index contributed by atoms with van der Waals surface area (Å²) in [6, 6.07) is 10.4. The van der Waals surface area contributed by atoms with Crippen molar-refractivity contribution >= 4 is 17.5 Å². The highest BCUT2D eigenvalue weighted by Gasteiger charge is 2.34. The van der Waals surface area contributed by atoms with Gasteiger partial charge in [-0.15, -0.1) is 0 Å². The van der Waals surface area contributed by atoms with Crippen LogP contribution in [-0.4, -0.2) is 41.0 Å². The zero-order valence-electron chi connectivity index (χ0n) is 15.0. The Morgan fingerprint density at radius 2 is 2.04 bits per heavy atom. The van der Waals surface area contributed by atoms with E-state index < -0.39 is 0 Å². The Balaban J connectivity index is 1.76. The summed E-state index contributed by atoms with van der Waals surface area (Å²) in [5, 5.41) is 12.7. The highest BCUT2D eigenvalue weighted by Crippen LogP contribution is 2.23. The number of benzene rings is 1. The van der Waals surface area contributed by atoms with Gasteiger partial charge in [-0.25, -0.2) is 0 Å². The summed E-state index contributed by atoms with van der Waals surface area (Å²) in [5.41, 5.74) is 1.48. The molecule has 1 aliphatic rings. The second kappa shape index (κ2) is 7.00. The van der Waals surface area contributed by atoms with E-state index >= 15 is 0 Å². The van der Waals surface area contributed by atoms with Crippen molar-refractivity contribution < 1.29 is 14.1 Å². The number of carbonyl (C=O) groups excluding carboxylic acids is 2. The van der Waals surface area contributed by atoms with Crippen LogP contribution < -0.4 is 4.90 Å². The van der Waals surface area contributed by atoms with E-state index in [9.17, 15) is 9.59 Å². The van der Waals surface area contributed by atoms with E-state index in [1.165, 1.54) is 4.90 Å². The van der Waals surface area contributed by atoms with Crippen LogP contribution in [0.15, 0.2) is 34.9 Å². The van der Waals surface area contributed by atoms with Crippen molar-refractivity contribution in [3.63, 3.8) is 0 Å². The van der Waals surface area contributed by atoms with E-state index in [-0.39, 0.29) is 36.0 Å². The molecule has 1 unspecified atom stereocenters. The molecule has 0 N–H and O–H groups in total. The maximum absolute atomic E-state index is 12.7. The third-order valence-electron chi connectivity index (χ3n) is 4.47. The molecule has 0 saturated carbocycles. The summed E-state index contributed by atoms with van der Waals surface area (Å²) < 4.78 is 5.19. The molecule has 7 nitrogen and oxygen atoms in total. The van der Waals surface area contributed by atoms with Crippen molar-refractivity contribution in [2.24, 2.45) is 0 Å². The average molecular weight is 352 g/mol. The zero-order chi connectivity index (χ0) is 18.8. The van der Waals surface area contributed by atoms with Gasteiger partial charge < -0.3 is 14.3 Å². The number of amides is 2. The molecule has 134 valence electrons. The van der Waals surface area contributed by atoms with Gasteiger partial charge in [0, 0.05) is 30.3 Å². The fourth-order valence-electron chi connectivity index (χ4n) is 2.90. The smallest absolute Gasteiger partial charge is 0.276 e. The van der Waals surface area contributed by atoms with Gasteiger partial charge in [0.1, 0.15) is 12.3 Å². The van der Waals surface area contributed by atoms with Gasteiger partial charge in [-0.1, -0.05) is 19.0 Å². The molecule has 26 heavy (non-hydrogen) atoms. The lowest BCUT2D eigenvalue weighted by Gasteiger charge is -2.39. The largest absolute Gasteiger partial charge is 0.360 e. The van der Waals surface area contributed by atoms with Crippen molar-refractivity contribution in [3.8, 4) is 6.07 Å². The lowest BCUT2D eigenvalue weighted by molar-refractivity contribution is -0.121. The normalized spacial score (nSPS) is 17.5. The summed E-state index contributed by atoms with van der Waals surface area (Å²) in [5.74, 6) is 0.301. The van der Waals surface area contributed by atoms with E-state index in [4.69, 9.17) is 9.78 Å². The van der Waals surface area contributed by atoms with Crippen LogP contribution in [0, 0.1) is 11.3 Å². The first-order valence-electron chi connectivity index (χ1n) is 8.48. The number of carbonyl (C=O) groups is 2. The molecule has 3 rings (SSSR count). The van der Waals surface area contributed by atoms with Crippen molar-refractivity contribution in [1.29, 1.82) is 5.26 Å². The summed E-state index contributed by atoms with van der Waals surface area (Å²) in [6.07, 6.45) is 0. The van der Waals surface area contributed by atoms with Crippen LogP contribution in [0.1, 0.15) is 48.5 Å². The SMILES string of the molecule is CC(C)c1cc(C(=O)N2CC(=O)N(c3ccc(C#N)cc3)CC2C)no1. The molecule has 1 saturated heterocycles. The number of aromatic nitrogens is 1. The van der Waals surface area contributed by atoms with Gasteiger partial charge in [0.25, 0.3) is 5.91 Å². The number of anilines is 1. The minimum atomic E-state index is -0.305. The molecular formula is C19H20N4O3. The van der Waals surface area contributed by atoms with Crippen LogP contribution in [0.2, 0.25) is 0 Å². The van der Waals surface area contributed by atoms with Gasteiger partial charge in [-0.05, 0) is 31.2 Å². The molecule has 1 aromatic heterocycles. The minimum Gasteiger partial charge on any atom is -0.360 e. The van der Waals surface area contributed by atoms with Crippen LogP contribution in [0.3, 0.4) is 0 Å². The van der Waals surface area contributed by atoms with Crippen LogP contribution in [-0.2, 0) is 4.79 Å². The van der Waals surface area contributed by atoms with Crippen molar-refractivity contribution in [1.82, 2.24) is 10.1 Å². The molecule has 1 fully saturated rings. The predicted molar refractivity (Wildman–Crippen MR) is 94.6 cm³/mol. The van der Waals surface area contributed by atoms with Gasteiger partial charge in [-0.3, -0.25) is 9.59 Å². The number of piperazine rings is 1. The van der Waals surface area contributed by atoms with Crippen LogP contribution in [0.25, 0.3) is 0 Å². The summed E-state index contributed by atoms with van der Waals surface area (Å²) >= 11 is 0. The van der Waals surface area contributed by atoms with E-state index in [1.54, 1.807) is 35.2 Å². The molecule has 1 aliphatic heterocycles. The van der Waals surface area contributed by atoms with E-state index in [0.29, 0.717) is 17.9 Å². The second-order valence-electron chi connectivity index (χ2n) is 6.71. The zero-order valence-corrected chi connectivity index (χ0v) is 15.0. The maximum Gasteiger partial charge on any atom is 0.276 e.